The van der Waals surface area contributed by atoms with Crippen LogP contribution >= 0.6 is 34.7 Å². The summed E-state index contributed by atoms with van der Waals surface area (Å²) in [5, 5.41) is 14.0. The number of hydrogen-bond acceptors (Lipinski definition) is 11. The third-order valence-corrected chi connectivity index (χ3v) is 8.11. The van der Waals surface area contributed by atoms with Crippen LogP contribution in [0, 0.1) is 17.9 Å². The number of carbonyl (C=O) groups is 1. The van der Waals surface area contributed by atoms with E-state index < -0.39 is 12.0 Å². The van der Waals surface area contributed by atoms with Gasteiger partial charge in [0, 0.05) is 27.3 Å². The van der Waals surface area contributed by atoms with Gasteiger partial charge in [0.15, 0.2) is 0 Å². The lowest BCUT2D eigenvalue weighted by atomic mass is 10.00. The second-order valence-electron chi connectivity index (χ2n) is 8.79. The van der Waals surface area contributed by atoms with Gasteiger partial charge in [-0.2, -0.15) is 5.26 Å². The molecule has 0 amide bonds. The lowest BCUT2D eigenvalue weighted by Crippen LogP contribution is -2.35. The number of carbonyl (C=O) groups excluding carboxylic acids is 1. The van der Waals surface area contributed by atoms with E-state index in [1.807, 2.05) is 29.6 Å². The van der Waals surface area contributed by atoms with Gasteiger partial charge in [-0.25, -0.2) is 14.8 Å². The Morgan fingerprint density at radius 3 is 2.52 bits per heavy atom. The Hall–Kier alpha value is -4.17. The van der Waals surface area contributed by atoms with Gasteiger partial charge in [0.05, 0.1) is 17.8 Å². The van der Waals surface area contributed by atoms with Gasteiger partial charge < -0.3 is 26.7 Å². The summed E-state index contributed by atoms with van der Waals surface area (Å²) in [6.45, 7) is 8.13. The van der Waals surface area contributed by atoms with Gasteiger partial charge in [0.2, 0.25) is 5.69 Å². The number of nitrogens with zero attached hydrogens (tertiary/aromatic N) is 4. The second-order valence-corrected chi connectivity index (χ2v) is 11.0. The van der Waals surface area contributed by atoms with Gasteiger partial charge in [-0.05, 0) is 42.8 Å². The first-order valence-electron chi connectivity index (χ1n) is 12.6. The van der Waals surface area contributed by atoms with E-state index >= 15 is 0 Å². The highest BCUT2D eigenvalue weighted by molar-refractivity contribution is 7.98. The Kier molecular flexibility index (Phi) is 10.7. The molecule has 0 bridgehead atoms. The molecule has 4 aromatic rings. The highest BCUT2D eigenvalue weighted by Gasteiger charge is 2.21. The number of pyridine rings is 1. The number of aromatic nitrogens is 2. The molecule has 0 radical (unpaired) electrons. The molecule has 42 heavy (non-hydrogen) atoms. The van der Waals surface area contributed by atoms with E-state index in [2.05, 4.69) is 15.9 Å². The van der Waals surface area contributed by atoms with Crippen LogP contribution in [0.2, 0.25) is 5.02 Å². The zero-order valence-electron chi connectivity index (χ0n) is 22.2. The number of thiazole rings is 1. The van der Waals surface area contributed by atoms with Crippen molar-refractivity contribution in [2.45, 2.75) is 23.2 Å². The maximum absolute atomic E-state index is 11.8. The molecule has 214 valence electrons. The minimum absolute atomic E-state index is 0.0287. The van der Waals surface area contributed by atoms with Gasteiger partial charge in [-0.3, -0.25) is 4.79 Å². The Labute approximate surface area is 256 Å². The van der Waals surface area contributed by atoms with Gasteiger partial charge in [0.25, 0.3) is 0 Å². The van der Waals surface area contributed by atoms with Crippen LogP contribution in [0.3, 0.4) is 0 Å². The summed E-state index contributed by atoms with van der Waals surface area (Å²) in [5.41, 5.74) is 20.4. The van der Waals surface area contributed by atoms with Crippen molar-refractivity contribution in [3.63, 3.8) is 0 Å². The molecule has 4 rings (SSSR count). The number of thioether (sulfide) groups is 1. The third-order valence-electron chi connectivity index (χ3n) is 5.91. The van der Waals surface area contributed by atoms with Crippen molar-refractivity contribution in [1.82, 2.24) is 9.97 Å². The standard InChI is InChI=1S/C29H26ClN7O3S2/c1-35-25-24(17-4-8-21(9-5-17)39-12-13-40-29(38)23(33)10-11-31)22(14-32)28(37-26(25)34)42-16-20-15-41-27(36-20)18-2-6-19(30)7-3-18/h2-9,15,23H,10-13,16,31,33H2,(H2,34,37)/t23-/m0/s1. The number of nitriles is 1. The Bertz CT molecular complexity index is 1630. The molecule has 0 aliphatic rings. The molecular formula is C29H26ClN7O3S2. The van der Waals surface area contributed by atoms with E-state index in [9.17, 15) is 10.1 Å². The van der Waals surface area contributed by atoms with Crippen LogP contribution in [-0.2, 0) is 15.3 Å². The zero-order chi connectivity index (χ0) is 30.1. The average molecular weight is 620 g/mol. The predicted molar refractivity (Wildman–Crippen MR) is 165 cm³/mol. The first kappa shape index (κ1) is 30.8. The molecule has 0 spiro atoms. The smallest absolute Gasteiger partial charge is 0.323 e. The minimum atomic E-state index is -0.760. The number of esters is 1. The summed E-state index contributed by atoms with van der Waals surface area (Å²) in [6.07, 6.45) is 0.342. The fraction of sp³-hybridized carbons (Fsp3) is 0.207. The van der Waals surface area contributed by atoms with Crippen LogP contribution in [0.25, 0.3) is 26.5 Å². The largest absolute Gasteiger partial charge is 0.490 e. The van der Waals surface area contributed by atoms with Crippen LogP contribution in [0.15, 0.2) is 58.9 Å². The molecule has 0 fully saturated rings. The lowest BCUT2D eigenvalue weighted by molar-refractivity contribution is -0.146. The summed E-state index contributed by atoms with van der Waals surface area (Å²) < 4.78 is 10.7. The Morgan fingerprint density at radius 2 is 1.86 bits per heavy atom. The second kappa shape index (κ2) is 14.6. The van der Waals surface area contributed by atoms with Crippen molar-refractivity contribution in [3.05, 3.63) is 81.6 Å². The van der Waals surface area contributed by atoms with Crippen LogP contribution in [-0.4, -0.2) is 41.7 Å². The topological polar surface area (TPSA) is 168 Å². The van der Waals surface area contributed by atoms with E-state index in [1.165, 1.54) is 23.1 Å². The van der Waals surface area contributed by atoms with Crippen molar-refractivity contribution in [2.24, 2.45) is 11.5 Å². The third kappa shape index (κ3) is 7.56. The van der Waals surface area contributed by atoms with Crippen molar-refractivity contribution in [1.29, 1.82) is 5.26 Å². The van der Waals surface area contributed by atoms with Crippen molar-refractivity contribution in [3.8, 4) is 33.5 Å². The fourth-order valence-electron chi connectivity index (χ4n) is 3.84. The van der Waals surface area contributed by atoms with E-state index in [4.69, 9.17) is 49.8 Å². The SMILES string of the molecule is [C-]#[N+]c1c(N)nc(SCc2csc(-c3ccc(Cl)cc3)n2)c(C#N)c1-c1ccc(OCCOC(=O)[C@@H](N)CCN)cc1. The number of ether oxygens (including phenoxy) is 2. The molecule has 2 heterocycles. The molecule has 0 aliphatic heterocycles. The van der Waals surface area contributed by atoms with E-state index in [1.54, 1.807) is 24.3 Å². The number of nitrogens with two attached hydrogens (primary N) is 3. The molecule has 6 N–H and O–H groups in total. The maximum Gasteiger partial charge on any atom is 0.323 e. The Morgan fingerprint density at radius 1 is 1.14 bits per heavy atom. The van der Waals surface area contributed by atoms with Crippen molar-refractivity contribution in [2.75, 3.05) is 25.5 Å². The summed E-state index contributed by atoms with van der Waals surface area (Å²) in [4.78, 5) is 24.4. The van der Waals surface area contributed by atoms with Crippen LogP contribution < -0.4 is 21.9 Å². The van der Waals surface area contributed by atoms with E-state index in [-0.39, 0.29) is 30.3 Å². The van der Waals surface area contributed by atoms with Gasteiger partial charge in [-0.15, -0.1) is 11.3 Å². The number of halogens is 1. The van der Waals surface area contributed by atoms with Crippen molar-refractivity contribution < 1.29 is 14.3 Å². The molecule has 1 atom stereocenters. The number of nitrogen functional groups attached to an aromatic ring is 1. The predicted octanol–water partition coefficient (Wildman–Crippen LogP) is 5.42. The summed E-state index contributed by atoms with van der Waals surface area (Å²) in [7, 11) is 0. The van der Waals surface area contributed by atoms with Gasteiger partial charge >= 0.3 is 5.97 Å². The molecule has 2 aromatic carbocycles. The first-order valence-corrected chi connectivity index (χ1v) is 14.9. The molecule has 13 heteroatoms. The van der Waals surface area contributed by atoms with Crippen LogP contribution in [0.4, 0.5) is 11.5 Å². The van der Waals surface area contributed by atoms with E-state index in [0.717, 1.165) is 16.3 Å². The number of rotatable bonds is 12. The van der Waals surface area contributed by atoms with E-state index in [0.29, 0.717) is 45.6 Å². The summed E-state index contributed by atoms with van der Waals surface area (Å²) in [6, 6.07) is 15.8. The fourth-order valence-corrected chi connectivity index (χ4v) is 5.78. The molecule has 2 aromatic heterocycles. The normalized spacial score (nSPS) is 11.4. The summed E-state index contributed by atoms with van der Waals surface area (Å²) in [5.74, 6) is 0.476. The van der Waals surface area contributed by atoms with Crippen LogP contribution in [0.5, 0.6) is 5.75 Å². The van der Waals surface area contributed by atoms with Gasteiger partial charge in [-0.1, -0.05) is 47.6 Å². The monoisotopic (exact) mass is 619 g/mol. The minimum Gasteiger partial charge on any atom is -0.490 e. The quantitative estimate of drug-likeness (QED) is 0.0805. The molecular weight excluding hydrogens is 594 g/mol. The first-order chi connectivity index (χ1) is 20.3. The number of benzene rings is 2. The Balaban J connectivity index is 1.48. The lowest BCUT2D eigenvalue weighted by Gasteiger charge is -2.14. The summed E-state index contributed by atoms with van der Waals surface area (Å²) >= 11 is 8.83. The molecule has 0 saturated carbocycles. The van der Waals surface area contributed by atoms with Crippen molar-refractivity contribution >= 4 is 52.2 Å². The molecule has 10 nitrogen and oxygen atoms in total. The highest BCUT2D eigenvalue weighted by atomic mass is 35.5. The number of hydrogen-bond donors (Lipinski definition) is 3. The average Bonchev–Trinajstić information content (AvgIpc) is 3.47. The molecule has 0 saturated heterocycles. The number of anilines is 1. The molecule has 0 aliphatic carbocycles. The van der Waals surface area contributed by atoms with Gasteiger partial charge in [0.1, 0.15) is 46.9 Å². The van der Waals surface area contributed by atoms with Crippen LogP contribution in [0.1, 0.15) is 17.7 Å². The highest BCUT2D eigenvalue weighted by Crippen LogP contribution is 2.42. The zero-order valence-corrected chi connectivity index (χ0v) is 24.6. The maximum atomic E-state index is 11.8. The molecule has 0 unspecified atom stereocenters.